The molecule has 0 unspecified atom stereocenters. The molecule has 23 heavy (non-hydrogen) atoms. The van der Waals surface area contributed by atoms with Crippen LogP contribution in [0.4, 0.5) is 5.69 Å². The molecule has 0 bridgehead atoms. The third kappa shape index (κ3) is 5.07. The average molecular weight is 310 g/mol. The lowest BCUT2D eigenvalue weighted by molar-refractivity contribution is 0.0549. The topological polar surface area (TPSA) is 68.3 Å². The zero-order valence-corrected chi connectivity index (χ0v) is 13.1. The smallest absolute Gasteiger partial charge is 0.338 e. The van der Waals surface area contributed by atoms with Gasteiger partial charge in [-0.1, -0.05) is 5.57 Å². The molecule has 0 atom stereocenters. The molecule has 5 heteroatoms. The van der Waals surface area contributed by atoms with E-state index in [1.54, 1.807) is 48.8 Å². The maximum atomic E-state index is 12.0. The predicted octanol–water partition coefficient (Wildman–Crippen LogP) is 3.46. The van der Waals surface area contributed by atoms with Gasteiger partial charge in [0.2, 0.25) is 0 Å². The molecule has 1 heterocycles. The minimum atomic E-state index is -0.394. The molecular formula is C18H18N2O3. The van der Waals surface area contributed by atoms with E-state index in [1.807, 2.05) is 19.9 Å². The molecule has 0 aliphatic rings. The van der Waals surface area contributed by atoms with Gasteiger partial charge in [0, 0.05) is 23.6 Å². The van der Waals surface area contributed by atoms with Crippen molar-refractivity contribution in [2.45, 2.75) is 13.8 Å². The standard InChI is InChI=1S/C18H18N2O3/c1-13(2)9-12-23-18(22)15-3-5-16(6-4-15)20-17(21)14-7-10-19-11-8-14/h3-11H,12H2,1-2H3,(H,20,21). The molecule has 2 rings (SSSR count). The molecule has 0 aliphatic heterocycles. The second-order valence-electron chi connectivity index (χ2n) is 5.15. The lowest BCUT2D eigenvalue weighted by atomic mass is 10.2. The van der Waals surface area contributed by atoms with E-state index in [2.05, 4.69) is 10.3 Å². The van der Waals surface area contributed by atoms with Crippen LogP contribution in [0.2, 0.25) is 0 Å². The van der Waals surface area contributed by atoms with E-state index < -0.39 is 5.97 Å². The second-order valence-corrected chi connectivity index (χ2v) is 5.15. The van der Waals surface area contributed by atoms with Crippen molar-refractivity contribution in [2.24, 2.45) is 0 Å². The lowest BCUT2D eigenvalue weighted by Crippen LogP contribution is -2.12. The van der Waals surface area contributed by atoms with Gasteiger partial charge < -0.3 is 10.1 Å². The highest BCUT2D eigenvalue weighted by molar-refractivity contribution is 6.04. The summed E-state index contributed by atoms with van der Waals surface area (Å²) < 4.78 is 5.12. The molecule has 0 spiro atoms. The monoisotopic (exact) mass is 310 g/mol. The molecule has 0 fully saturated rings. The SMILES string of the molecule is CC(C)=CCOC(=O)c1ccc(NC(=O)c2ccncc2)cc1. The summed E-state index contributed by atoms with van der Waals surface area (Å²) in [6.07, 6.45) is 4.95. The number of rotatable bonds is 5. The summed E-state index contributed by atoms with van der Waals surface area (Å²) in [7, 11) is 0. The zero-order valence-electron chi connectivity index (χ0n) is 13.1. The number of carbonyl (C=O) groups is 2. The summed E-state index contributed by atoms with van der Waals surface area (Å²) >= 11 is 0. The Morgan fingerprint density at radius 2 is 1.70 bits per heavy atom. The highest BCUT2D eigenvalue weighted by atomic mass is 16.5. The number of ether oxygens (including phenoxy) is 1. The minimum absolute atomic E-state index is 0.230. The normalized spacial score (nSPS) is 9.83. The first-order chi connectivity index (χ1) is 11.1. The Bertz CT molecular complexity index is 703. The number of allylic oxidation sites excluding steroid dienone is 1. The summed E-state index contributed by atoms with van der Waals surface area (Å²) in [5.41, 5.74) is 2.65. The van der Waals surface area contributed by atoms with Crippen LogP contribution in [0.25, 0.3) is 0 Å². The van der Waals surface area contributed by atoms with E-state index in [4.69, 9.17) is 4.74 Å². The highest BCUT2D eigenvalue weighted by Gasteiger charge is 2.08. The number of pyridine rings is 1. The van der Waals surface area contributed by atoms with Crippen molar-refractivity contribution >= 4 is 17.6 Å². The Balaban J connectivity index is 1.95. The van der Waals surface area contributed by atoms with E-state index in [1.165, 1.54) is 0 Å². The molecule has 5 nitrogen and oxygen atoms in total. The Morgan fingerprint density at radius 1 is 1.04 bits per heavy atom. The fraction of sp³-hybridized carbons (Fsp3) is 0.167. The van der Waals surface area contributed by atoms with Crippen molar-refractivity contribution in [3.05, 3.63) is 71.6 Å². The maximum absolute atomic E-state index is 12.0. The zero-order chi connectivity index (χ0) is 16.7. The van der Waals surface area contributed by atoms with Crippen molar-refractivity contribution in [2.75, 3.05) is 11.9 Å². The van der Waals surface area contributed by atoms with Crippen LogP contribution < -0.4 is 5.32 Å². The number of esters is 1. The number of anilines is 1. The van der Waals surface area contributed by atoms with Crippen molar-refractivity contribution in [3.8, 4) is 0 Å². The minimum Gasteiger partial charge on any atom is -0.458 e. The van der Waals surface area contributed by atoms with Crippen molar-refractivity contribution in [1.29, 1.82) is 0 Å². The predicted molar refractivity (Wildman–Crippen MR) is 88.3 cm³/mol. The van der Waals surface area contributed by atoms with Gasteiger partial charge in [-0.25, -0.2) is 4.79 Å². The van der Waals surface area contributed by atoms with Crippen LogP contribution in [0, 0.1) is 0 Å². The van der Waals surface area contributed by atoms with Gasteiger partial charge in [-0.3, -0.25) is 9.78 Å². The van der Waals surface area contributed by atoms with Gasteiger partial charge in [0.05, 0.1) is 5.56 Å². The van der Waals surface area contributed by atoms with E-state index in [-0.39, 0.29) is 12.5 Å². The fourth-order valence-corrected chi connectivity index (χ4v) is 1.76. The molecule has 0 aliphatic carbocycles. The quantitative estimate of drug-likeness (QED) is 0.678. The summed E-state index contributed by atoms with van der Waals surface area (Å²) in [5, 5.41) is 2.75. The molecule has 1 aromatic carbocycles. The molecule has 0 saturated heterocycles. The molecule has 1 amide bonds. The van der Waals surface area contributed by atoms with Gasteiger partial charge in [0.15, 0.2) is 0 Å². The number of nitrogens with zero attached hydrogens (tertiary/aromatic N) is 1. The molecule has 2 aromatic rings. The van der Waals surface area contributed by atoms with Crippen LogP contribution in [0.1, 0.15) is 34.6 Å². The van der Waals surface area contributed by atoms with Crippen molar-refractivity contribution in [1.82, 2.24) is 4.98 Å². The van der Waals surface area contributed by atoms with Crippen LogP contribution in [-0.2, 0) is 4.74 Å². The van der Waals surface area contributed by atoms with E-state index in [0.717, 1.165) is 5.57 Å². The lowest BCUT2D eigenvalue weighted by Gasteiger charge is -2.06. The first kappa shape index (κ1) is 16.4. The molecular weight excluding hydrogens is 292 g/mol. The van der Waals surface area contributed by atoms with Crippen LogP contribution in [-0.4, -0.2) is 23.5 Å². The number of benzene rings is 1. The van der Waals surface area contributed by atoms with Crippen LogP contribution in [0.3, 0.4) is 0 Å². The van der Waals surface area contributed by atoms with Gasteiger partial charge >= 0.3 is 5.97 Å². The first-order valence-electron chi connectivity index (χ1n) is 7.18. The Labute approximate surface area is 135 Å². The number of carbonyl (C=O) groups excluding carboxylic acids is 2. The second kappa shape index (κ2) is 7.89. The van der Waals surface area contributed by atoms with E-state index in [9.17, 15) is 9.59 Å². The highest BCUT2D eigenvalue weighted by Crippen LogP contribution is 2.12. The third-order valence-electron chi connectivity index (χ3n) is 3.03. The van der Waals surface area contributed by atoms with E-state index in [0.29, 0.717) is 16.8 Å². The largest absolute Gasteiger partial charge is 0.458 e. The number of hydrogen-bond acceptors (Lipinski definition) is 4. The Morgan fingerprint density at radius 3 is 2.30 bits per heavy atom. The molecule has 1 N–H and O–H groups in total. The van der Waals surface area contributed by atoms with Crippen LogP contribution in [0.5, 0.6) is 0 Å². The summed E-state index contributed by atoms with van der Waals surface area (Å²) in [5.74, 6) is -0.624. The summed E-state index contributed by atoms with van der Waals surface area (Å²) in [6, 6.07) is 9.82. The van der Waals surface area contributed by atoms with Gasteiger partial charge in [0.1, 0.15) is 6.61 Å². The van der Waals surface area contributed by atoms with Crippen molar-refractivity contribution < 1.29 is 14.3 Å². The van der Waals surface area contributed by atoms with Gasteiger partial charge in [-0.15, -0.1) is 0 Å². The average Bonchev–Trinajstić information content (AvgIpc) is 2.56. The van der Waals surface area contributed by atoms with Gasteiger partial charge in [-0.05, 0) is 56.3 Å². The number of amides is 1. The Hall–Kier alpha value is -2.95. The fourth-order valence-electron chi connectivity index (χ4n) is 1.76. The molecule has 118 valence electrons. The third-order valence-corrected chi connectivity index (χ3v) is 3.03. The molecule has 1 aromatic heterocycles. The Kier molecular flexibility index (Phi) is 5.63. The van der Waals surface area contributed by atoms with Crippen molar-refractivity contribution in [3.63, 3.8) is 0 Å². The number of hydrogen-bond donors (Lipinski definition) is 1. The van der Waals surface area contributed by atoms with Gasteiger partial charge in [-0.2, -0.15) is 0 Å². The number of nitrogens with one attached hydrogen (secondary N) is 1. The van der Waals surface area contributed by atoms with Crippen LogP contribution in [0.15, 0.2) is 60.4 Å². The van der Waals surface area contributed by atoms with Gasteiger partial charge in [0.25, 0.3) is 5.91 Å². The van der Waals surface area contributed by atoms with E-state index >= 15 is 0 Å². The molecule has 0 radical (unpaired) electrons. The first-order valence-corrected chi connectivity index (χ1v) is 7.18. The number of aromatic nitrogens is 1. The van der Waals surface area contributed by atoms with Crippen LogP contribution >= 0.6 is 0 Å². The summed E-state index contributed by atoms with van der Waals surface area (Å²) in [4.78, 5) is 27.7. The molecule has 0 saturated carbocycles. The summed E-state index contributed by atoms with van der Waals surface area (Å²) in [6.45, 7) is 4.13. The maximum Gasteiger partial charge on any atom is 0.338 e.